The average molecular weight is 554 g/mol. The highest BCUT2D eigenvalue weighted by Gasteiger charge is 2.39. The predicted octanol–water partition coefficient (Wildman–Crippen LogP) is 7.97. The Morgan fingerprint density at radius 1 is 0.914 bits per heavy atom. The molecule has 3 fully saturated rings. The number of aliphatic imine (C=N–C) groups is 1. The summed E-state index contributed by atoms with van der Waals surface area (Å²) >= 11 is 5.04. The van der Waals surface area contributed by atoms with Crippen LogP contribution in [-0.2, 0) is 11.4 Å². The third kappa shape index (κ3) is 6.39. The Balaban J connectivity index is 1.30. The first-order valence-corrected chi connectivity index (χ1v) is 14.5. The molecule has 35 heavy (non-hydrogen) atoms. The lowest BCUT2D eigenvalue weighted by Gasteiger charge is -2.31. The summed E-state index contributed by atoms with van der Waals surface area (Å²) in [5.41, 5.74) is 2.14. The first kappa shape index (κ1) is 24.6. The van der Waals surface area contributed by atoms with E-state index in [2.05, 4.69) is 28.1 Å². The normalized spacial score (nSPS) is 22.3. The number of carbonyl (C=O) groups is 1. The van der Waals surface area contributed by atoms with Gasteiger partial charge >= 0.3 is 0 Å². The molecule has 0 bridgehead atoms. The van der Waals surface area contributed by atoms with Crippen molar-refractivity contribution in [3.8, 4) is 5.75 Å². The minimum absolute atomic E-state index is 0.132. The van der Waals surface area contributed by atoms with E-state index >= 15 is 0 Å². The summed E-state index contributed by atoms with van der Waals surface area (Å²) in [6.07, 6.45) is 14.0. The van der Waals surface area contributed by atoms with Gasteiger partial charge in [0.15, 0.2) is 5.17 Å². The van der Waals surface area contributed by atoms with E-state index < -0.39 is 0 Å². The number of carbonyl (C=O) groups excluding carboxylic acids is 1. The Hall–Kier alpha value is -2.05. The molecular formula is C29H33BrN2O2S. The smallest absolute Gasteiger partial charge is 0.266 e. The SMILES string of the molecule is O=C1C(=Cc2ccc(OCc3ccc(Br)cc3)cc2)SC(=NC2CCCCC2)N1C1CCCCC1. The molecule has 1 aliphatic heterocycles. The van der Waals surface area contributed by atoms with E-state index in [1.54, 1.807) is 11.8 Å². The predicted molar refractivity (Wildman–Crippen MR) is 149 cm³/mol. The number of nitrogens with zero attached hydrogens (tertiary/aromatic N) is 2. The topological polar surface area (TPSA) is 41.9 Å². The molecule has 0 spiro atoms. The van der Waals surface area contributed by atoms with Gasteiger partial charge in [-0.05, 0) is 78.9 Å². The summed E-state index contributed by atoms with van der Waals surface area (Å²) in [4.78, 5) is 21.5. The number of amidine groups is 1. The number of hydrogen-bond donors (Lipinski definition) is 0. The van der Waals surface area contributed by atoms with Crippen molar-refractivity contribution in [3.05, 3.63) is 69.0 Å². The maximum atomic E-state index is 13.5. The molecule has 1 heterocycles. The van der Waals surface area contributed by atoms with Crippen LogP contribution in [-0.4, -0.2) is 28.1 Å². The fourth-order valence-electron chi connectivity index (χ4n) is 5.16. The fraction of sp³-hybridized carbons (Fsp3) is 0.448. The van der Waals surface area contributed by atoms with Gasteiger partial charge in [-0.3, -0.25) is 14.7 Å². The Bertz CT molecular complexity index is 1070. The summed E-state index contributed by atoms with van der Waals surface area (Å²) in [5, 5.41) is 0.939. The van der Waals surface area contributed by atoms with Crippen molar-refractivity contribution < 1.29 is 9.53 Å². The number of rotatable bonds is 6. The van der Waals surface area contributed by atoms with Crippen LogP contribution in [0, 0.1) is 0 Å². The summed E-state index contributed by atoms with van der Waals surface area (Å²) in [6.45, 7) is 0.527. The van der Waals surface area contributed by atoms with Gasteiger partial charge in [-0.1, -0.05) is 78.7 Å². The van der Waals surface area contributed by atoms with Gasteiger partial charge in [-0.25, -0.2) is 0 Å². The van der Waals surface area contributed by atoms with E-state index in [9.17, 15) is 4.79 Å². The first-order valence-electron chi connectivity index (χ1n) is 12.9. The highest BCUT2D eigenvalue weighted by molar-refractivity contribution is 9.10. The molecule has 4 nitrogen and oxygen atoms in total. The number of ether oxygens (including phenoxy) is 1. The van der Waals surface area contributed by atoms with Gasteiger partial charge in [0.25, 0.3) is 5.91 Å². The second kappa shape index (κ2) is 11.8. The highest BCUT2D eigenvalue weighted by atomic mass is 79.9. The third-order valence-electron chi connectivity index (χ3n) is 7.14. The molecule has 0 radical (unpaired) electrons. The summed E-state index contributed by atoms with van der Waals surface area (Å²) in [5.74, 6) is 0.955. The molecule has 2 aliphatic carbocycles. The van der Waals surface area contributed by atoms with Crippen LogP contribution in [0.1, 0.15) is 75.3 Å². The lowest BCUT2D eigenvalue weighted by molar-refractivity contribution is -0.124. The van der Waals surface area contributed by atoms with E-state index in [1.165, 1.54) is 38.5 Å². The molecule has 2 aromatic carbocycles. The average Bonchev–Trinajstić information content (AvgIpc) is 3.19. The van der Waals surface area contributed by atoms with Crippen LogP contribution in [0.2, 0.25) is 0 Å². The van der Waals surface area contributed by atoms with Crippen molar-refractivity contribution in [2.75, 3.05) is 0 Å². The van der Waals surface area contributed by atoms with Crippen molar-refractivity contribution in [1.82, 2.24) is 4.90 Å². The van der Waals surface area contributed by atoms with Gasteiger partial charge in [-0.15, -0.1) is 0 Å². The van der Waals surface area contributed by atoms with Gasteiger partial charge in [0, 0.05) is 10.5 Å². The largest absolute Gasteiger partial charge is 0.489 e. The number of benzene rings is 2. The lowest BCUT2D eigenvalue weighted by atomic mass is 9.94. The quantitative estimate of drug-likeness (QED) is 0.341. The monoisotopic (exact) mass is 552 g/mol. The zero-order valence-electron chi connectivity index (χ0n) is 20.1. The van der Waals surface area contributed by atoms with Gasteiger partial charge in [0.2, 0.25) is 0 Å². The molecule has 0 unspecified atom stereocenters. The van der Waals surface area contributed by atoms with Gasteiger partial charge in [0.05, 0.1) is 10.9 Å². The van der Waals surface area contributed by atoms with Crippen LogP contribution < -0.4 is 4.74 Å². The van der Waals surface area contributed by atoms with Crippen molar-refractivity contribution in [3.63, 3.8) is 0 Å². The maximum Gasteiger partial charge on any atom is 0.266 e. The fourth-order valence-corrected chi connectivity index (χ4v) is 6.54. The second-order valence-corrected chi connectivity index (χ2v) is 11.7. The molecule has 3 aliphatic rings. The molecule has 1 saturated heterocycles. The highest BCUT2D eigenvalue weighted by Crippen LogP contribution is 2.38. The zero-order valence-corrected chi connectivity index (χ0v) is 22.5. The second-order valence-electron chi connectivity index (χ2n) is 9.77. The van der Waals surface area contributed by atoms with Crippen LogP contribution in [0.4, 0.5) is 0 Å². The molecule has 6 heteroatoms. The van der Waals surface area contributed by atoms with Crippen LogP contribution in [0.5, 0.6) is 5.75 Å². The van der Waals surface area contributed by atoms with E-state index in [1.807, 2.05) is 47.4 Å². The number of thioether (sulfide) groups is 1. The van der Waals surface area contributed by atoms with E-state index in [0.717, 1.165) is 57.1 Å². The van der Waals surface area contributed by atoms with Crippen molar-refractivity contribution >= 4 is 44.8 Å². The number of halogens is 1. The minimum Gasteiger partial charge on any atom is -0.489 e. The third-order valence-corrected chi connectivity index (χ3v) is 8.67. The minimum atomic E-state index is 0.132. The lowest BCUT2D eigenvalue weighted by Crippen LogP contribution is -2.41. The molecule has 0 N–H and O–H groups in total. The Morgan fingerprint density at radius 3 is 2.26 bits per heavy atom. The van der Waals surface area contributed by atoms with E-state index in [0.29, 0.717) is 18.7 Å². The molecule has 184 valence electrons. The Labute approximate surface area is 221 Å². The number of amides is 1. The maximum absolute atomic E-state index is 13.5. The Kier molecular flexibility index (Phi) is 8.30. The first-order chi connectivity index (χ1) is 17.2. The molecule has 2 aromatic rings. The molecule has 0 aromatic heterocycles. The van der Waals surface area contributed by atoms with Crippen LogP contribution in [0.25, 0.3) is 6.08 Å². The van der Waals surface area contributed by atoms with Crippen molar-refractivity contribution in [1.29, 1.82) is 0 Å². The number of hydrogen-bond acceptors (Lipinski definition) is 4. The van der Waals surface area contributed by atoms with Crippen molar-refractivity contribution in [2.45, 2.75) is 82.9 Å². The Morgan fingerprint density at radius 2 is 1.57 bits per heavy atom. The van der Waals surface area contributed by atoms with Crippen LogP contribution in [0.3, 0.4) is 0 Å². The summed E-state index contributed by atoms with van der Waals surface area (Å²) < 4.78 is 7.00. The molecule has 5 rings (SSSR count). The van der Waals surface area contributed by atoms with E-state index in [4.69, 9.17) is 9.73 Å². The zero-order chi connectivity index (χ0) is 24.0. The van der Waals surface area contributed by atoms with Crippen LogP contribution in [0.15, 0.2) is 62.9 Å². The van der Waals surface area contributed by atoms with Crippen molar-refractivity contribution in [2.24, 2.45) is 4.99 Å². The molecule has 1 amide bonds. The molecule has 2 saturated carbocycles. The van der Waals surface area contributed by atoms with E-state index in [-0.39, 0.29) is 5.91 Å². The molecular weight excluding hydrogens is 520 g/mol. The summed E-state index contributed by atoms with van der Waals surface area (Å²) in [6, 6.07) is 16.8. The molecule has 0 atom stereocenters. The summed E-state index contributed by atoms with van der Waals surface area (Å²) in [7, 11) is 0. The standard InChI is InChI=1S/C29H33BrN2O2S/c30-23-15-11-22(12-16-23)20-34-26-17-13-21(14-18-26)19-27-28(33)32(25-9-5-2-6-10-25)29(35-27)31-24-7-3-1-4-8-24/h11-19,24-25H,1-10,20H2. The van der Waals surface area contributed by atoms with Gasteiger partial charge in [-0.2, -0.15) is 0 Å². The van der Waals surface area contributed by atoms with Gasteiger partial charge < -0.3 is 4.74 Å². The van der Waals surface area contributed by atoms with Gasteiger partial charge in [0.1, 0.15) is 12.4 Å². The van der Waals surface area contributed by atoms with Crippen LogP contribution >= 0.6 is 27.7 Å².